The first-order valence-corrected chi connectivity index (χ1v) is 3.63. The smallest absolute Gasteiger partial charge is 0.320 e. The van der Waals surface area contributed by atoms with Gasteiger partial charge < -0.3 is 15.6 Å². The second-order valence-corrected chi connectivity index (χ2v) is 2.45. The van der Waals surface area contributed by atoms with Gasteiger partial charge in [0, 0.05) is 13.3 Å². The van der Waals surface area contributed by atoms with Crippen molar-refractivity contribution in [2.24, 2.45) is 5.73 Å². The van der Waals surface area contributed by atoms with E-state index in [1.54, 1.807) is 0 Å². The number of carbonyl (C=O) groups excluding carboxylic acids is 2. The number of rotatable bonds is 4. The van der Waals surface area contributed by atoms with Crippen molar-refractivity contribution in [1.82, 2.24) is 0 Å². The van der Waals surface area contributed by atoms with E-state index in [2.05, 4.69) is 4.74 Å². The van der Waals surface area contributed by atoms with Crippen LogP contribution in [0.25, 0.3) is 0 Å². The largest absolute Gasteiger partial charge is 0.480 e. The second-order valence-electron chi connectivity index (χ2n) is 2.45. The van der Waals surface area contributed by atoms with Crippen LogP contribution in [0.2, 0.25) is 0 Å². The van der Waals surface area contributed by atoms with Crippen LogP contribution < -0.4 is 5.73 Å². The van der Waals surface area contributed by atoms with Crippen molar-refractivity contribution < 1.29 is 24.2 Å². The molecular weight excluding hydrogens is 178 g/mol. The highest BCUT2D eigenvalue weighted by Crippen LogP contribution is 1.97. The molecule has 0 aliphatic carbocycles. The summed E-state index contributed by atoms with van der Waals surface area (Å²) in [6.45, 7) is 1.09. The number of carbonyl (C=O) groups is 3. The van der Waals surface area contributed by atoms with E-state index in [0.29, 0.717) is 0 Å². The summed E-state index contributed by atoms with van der Waals surface area (Å²) in [5.74, 6) is -2.66. The Bertz CT molecular complexity index is 225. The van der Waals surface area contributed by atoms with Gasteiger partial charge in [-0.05, 0) is 6.42 Å². The van der Waals surface area contributed by atoms with E-state index in [-0.39, 0.29) is 12.8 Å². The molecule has 13 heavy (non-hydrogen) atoms. The normalized spacial score (nSPS) is 11.8. The van der Waals surface area contributed by atoms with E-state index in [0.717, 1.165) is 6.92 Å². The van der Waals surface area contributed by atoms with E-state index < -0.39 is 23.9 Å². The molecule has 6 nitrogen and oxygen atoms in total. The van der Waals surface area contributed by atoms with Crippen LogP contribution in [0.3, 0.4) is 0 Å². The van der Waals surface area contributed by atoms with Crippen molar-refractivity contribution in [1.29, 1.82) is 0 Å². The summed E-state index contributed by atoms with van der Waals surface area (Å²) in [5.41, 5.74) is 5.10. The van der Waals surface area contributed by atoms with Gasteiger partial charge in [-0.3, -0.25) is 14.4 Å². The molecule has 0 saturated heterocycles. The Kier molecular flexibility index (Phi) is 4.68. The standard InChI is InChI=1S/C7H11NO5/c1-4(9)13-6(10)3-2-5(8)7(11)12/h5H,2-3,8H2,1H3,(H,11,12)/t5-/m0/s1. The van der Waals surface area contributed by atoms with Gasteiger partial charge in [-0.15, -0.1) is 0 Å². The Morgan fingerprint density at radius 1 is 1.46 bits per heavy atom. The van der Waals surface area contributed by atoms with Crippen molar-refractivity contribution in [2.75, 3.05) is 0 Å². The molecule has 6 heteroatoms. The zero-order valence-corrected chi connectivity index (χ0v) is 7.15. The average Bonchev–Trinajstić information content (AvgIpc) is 1.98. The molecule has 0 aliphatic rings. The highest BCUT2D eigenvalue weighted by Gasteiger charge is 2.14. The van der Waals surface area contributed by atoms with Crippen LogP contribution in [0.5, 0.6) is 0 Å². The van der Waals surface area contributed by atoms with E-state index in [1.165, 1.54) is 0 Å². The highest BCUT2D eigenvalue weighted by atomic mass is 16.6. The number of carboxylic acid groups (broad SMARTS) is 1. The van der Waals surface area contributed by atoms with Crippen LogP contribution in [0.15, 0.2) is 0 Å². The van der Waals surface area contributed by atoms with Crippen molar-refractivity contribution in [2.45, 2.75) is 25.8 Å². The van der Waals surface area contributed by atoms with E-state index in [4.69, 9.17) is 10.8 Å². The van der Waals surface area contributed by atoms with Gasteiger partial charge in [-0.2, -0.15) is 0 Å². The lowest BCUT2D eigenvalue weighted by Crippen LogP contribution is -2.30. The third-order valence-corrected chi connectivity index (χ3v) is 1.23. The molecule has 1 atom stereocenters. The number of hydrogen-bond donors (Lipinski definition) is 2. The summed E-state index contributed by atoms with van der Waals surface area (Å²) in [6, 6.07) is -1.10. The Morgan fingerprint density at radius 3 is 2.38 bits per heavy atom. The minimum Gasteiger partial charge on any atom is -0.480 e. The predicted molar refractivity (Wildman–Crippen MR) is 41.6 cm³/mol. The van der Waals surface area contributed by atoms with Crippen LogP contribution in [-0.4, -0.2) is 29.1 Å². The molecule has 0 saturated carbocycles. The SMILES string of the molecule is CC(=O)OC(=O)CC[C@H](N)C(=O)O. The van der Waals surface area contributed by atoms with E-state index in [9.17, 15) is 14.4 Å². The van der Waals surface area contributed by atoms with Gasteiger partial charge in [-0.1, -0.05) is 0 Å². The molecule has 74 valence electrons. The van der Waals surface area contributed by atoms with Gasteiger partial charge in [0.05, 0.1) is 0 Å². The molecule has 0 rings (SSSR count). The van der Waals surface area contributed by atoms with Gasteiger partial charge >= 0.3 is 17.9 Å². The molecule has 3 N–H and O–H groups in total. The maximum absolute atomic E-state index is 10.7. The lowest BCUT2D eigenvalue weighted by molar-refractivity contribution is -0.158. The summed E-state index contributed by atoms with van der Waals surface area (Å²) in [5, 5.41) is 8.33. The van der Waals surface area contributed by atoms with Gasteiger partial charge in [0.2, 0.25) is 0 Å². The number of nitrogens with two attached hydrogens (primary N) is 1. The Hall–Kier alpha value is -1.43. The first-order chi connectivity index (χ1) is 5.93. The summed E-state index contributed by atoms with van der Waals surface area (Å²) in [7, 11) is 0. The number of ether oxygens (including phenoxy) is 1. The molecular formula is C7H11NO5. The molecule has 0 aromatic carbocycles. The van der Waals surface area contributed by atoms with E-state index in [1.807, 2.05) is 0 Å². The summed E-state index contributed by atoms with van der Waals surface area (Å²) in [6.07, 6.45) is -0.214. The molecule has 0 unspecified atom stereocenters. The summed E-state index contributed by atoms with van der Waals surface area (Å²) < 4.78 is 4.15. The first kappa shape index (κ1) is 11.6. The summed E-state index contributed by atoms with van der Waals surface area (Å²) >= 11 is 0. The zero-order valence-electron chi connectivity index (χ0n) is 7.15. The fourth-order valence-corrected chi connectivity index (χ4v) is 0.608. The monoisotopic (exact) mass is 189 g/mol. The Balaban J connectivity index is 3.70. The molecule has 0 amide bonds. The molecule has 0 aromatic rings. The van der Waals surface area contributed by atoms with Gasteiger partial charge in [0.25, 0.3) is 0 Å². The second kappa shape index (κ2) is 5.26. The van der Waals surface area contributed by atoms with Gasteiger partial charge in [0.15, 0.2) is 0 Å². The maximum Gasteiger partial charge on any atom is 0.320 e. The van der Waals surface area contributed by atoms with Crippen LogP contribution in [0.4, 0.5) is 0 Å². The third kappa shape index (κ3) is 5.80. The Morgan fingerprint density at radius 2 is 2.00 bits per heavy atom. The highest BCUT2D eigenvalue weighted by molar-refractivity contribution is 5.84. The fourth-order valence-electron chi connectivity index (χ4n) is 0.608. The number of aliphatic carboxylic acids is 1. The molecule has 0 spiro atoms. The predicted octanol–water partition coefficient (Wildman–Crippen LogP) is -0.732. The van der Waals surface area contributed by atoms with Crippen molar-refractivity contribution in [3.05, 3.63) is 0 Å². The van der Waals surface area contributed by atoms with Crippen LogP contribution in [0, 0.1) is 0 Å². The number of esters is 2. The molecule has 0 bridgehead atoms. The molecule has 0 radical (unpaired) electrons. The zero-order chi connectivity index (χ0) is 10.4. The minimum absolute atomic E-state index is 0.0402. The van der Waals surface area contributed by atoms with Crippen molar-refractivity contribution in [3.63, 3.8) is 0 Å². The lowest BCUT2D eigenvalue weighted by atomic mass is 10.2. The van der Waals surface area contributed by atoms with Gasteiger partial charge in [-0.25, -0.2) is 0 Å². The Labute approximate surface area is 74.7 Å². The maximum atomic E-state index is 10.7. The molecule has 0 fully saturated rings. The minimum atomic E-state index is -1.18. The third-order valence-electron chi connectivity index (χ3n) is 1.23. The number of carboxylic acids is 1. The molecule has 0 aliphatic heterocycles. The van der Waals surface area contributed by atoms with Crippen molar-refractivity contribution >= 4 is 17.9 Å². The first-order valence-electron chi connectivity index (χ1n) is 3.63. The quantitative estimate of drug-likeness (QED) is 0.446. The molecule has 0 aromatic heterocycles. The van der Waals surface area contributed by atoms with Crippen LogP contribution in [-0.2, 0) is 19.1 Å². The topological polar surface area (TPSA) is 107 Å². The molecule has 0 heterocycles. The van der Waals surface area contributed by atoms with Crippen molar-refractivity contribution in [3.8, 4) is 0 Å². The average molecular weight is 189 g/mol. The summed E-state index contributed by atoms with van der Waals surface area (Å²) in [4.78, 5) is 31.1. The van der Waals surface area contributed by atoms with Gasteiger partial charge in [0.1, 0.15) is 6.04 Å². The van der Waals surface area contributed by atoms with Crippen LogP contribution in [0.1, 0.15) is 19.8 Å². The lowest BCUT2D eigenvalue weighted by Gasteiger charge is -2.04. The van der Waals surface area contributed by atoms with E-state index >= 15 is 0 Å². The van der Waals surface area contributed by atoms with Crippen LogP contribution >= 0.6 is 0 Å². The fraction of sp³-hybridized carbons (Fsp3) is 0.571. The number of hydrogen-bond acceptors (Lipinski definition) is 5.